The highest BCUT2D eigenvalue weighted by Crippen LogP contribution is 2.42. The molecular weight excluding hydrogens is 613 g/mol. The number of methoxy groups -OCH3 is 1. The molecule has 4 rings (SSSR count). The molecule has 11 nitrogen and oxygen atoms in total. The molecule has 0 unspecified atom stereocenters. The molecule has 0 aliphatic heterocycles. The first-order valence-electron chi connectivity index (χ1n) is 13.5. The number of nitrogens with one attached hydrogen (secondary N) is 2. The molecule has 4 aromatic rings. The zero-order valence-corrected chi connectivity index (χ0v) is 25.7. The third-order valence-corrected chi connectivity index (χ3v) is 8.03. The number of sulfonamides is 1. The summed E-state index contributed by atoms with van der Waals surface area (Å²) < 4.78 is 60.1. The Balaban J connectivity index is 1.66. The molecule has 0 saturated carbocycles. The van der Waals surface area contributed by atoms with Gasteiger partial charge in [0.1, 0.15) is 30.3 Å². The van der Waals surface area contributed by atoms with Crippen LogP contribution in [-0.2, 0) is 10.0 Å². The van der Waals surface area contributed by atoms with Gasteiger partial charge < -0.3 is 24.8 Å². The largest absolute Gasteiger partial charge is 0.497 e. The summed E-state index contributed by atoms with van der Waals surface area (Å²) >= 11 is 6.42. The molecule has 0 aliphatic rings. The highest BCUT2D eigenvalue weighted by molar-refractivity contribution is 7.92. The van der Waals surface area contributed by atoms with Crippen molar-refractivity contribution in [3.8, 4) is 23.1 Å². The van der Waals surface area contributed by atoms with Crippen LogP contribution in [-0.4, -0.2) is 51.2 Å². The average molecular weight is 644 g/mol. The van der Waals surface area contributed by atoms with Crippen LogP contribution in [0.5, 0.6) is 23.1 Å². The summed E-state index contributed by atoms with van der Waals surface area (Å²) in [5.74, 6) is -0.445. The molecular formula is C30H31ClFN5O6S. The minimum absolute atomic E-state index is 0.0158. The van der Waals surface area contributed by atoms with E-state index >= 15 is 0 Å². The number of rotatable bonds is 13. The molecule has 0 fully saturated rings. The predicted molar refractivity (Wildman–Crippen MR) is 165 cm³/mol. The maximum atomic E-state index is 13.9. The molecule has 3 aromatic carbocycles. The van der Waals surface area contributed by atoms with Gasteiger partial charge in [-0.25, -0.2) is 26.9 Å². The standard InChI is InChI=1S/C30H31ClFN5O6S/c1-20(2)18-37(44(39,40)22-9-5-4-6-10-22)28-27(43-26-17-21(41-3)13-14-23(26)31)29(35-19-34-28)42-16-15-33-30(38)36-25-12-8-7-11-24(25)32/h4-14,17,19-20H,15-16,18H2,1-3H3,(H2,33,36,38). The number of nitrogens with zero attached hydrogens (tertiary/aromatic N) is 3. The van der Waals surface area contributed by atoms with Gasteiger partial charge in [0.05, 0.1) is 29.3 Å². The van der Waals surface area contributed by atoms with Gasteiger partial charge in [0, 0.05) is 12.6 Å². The lowest BCUT2D eigenvalue weighted by atomic mass is 10.2. The number of anilines is 2. The summed E-state index contributed by atoms with van der Waals surface area (Å²) in [5.41, 5.74) is 0.0158. The van der Waals surface area contributed by atoms with E-state index in [2.05, 4.69) is 20.6 Å². The van der Waals surface area contributed by atoms with Crippen LogP contribution in [0.3, 0.4) is 0 Å². The van der Waals surface area contributed by atoms with Gasteiger partial charge in [-0.05, 0) is 42.3 Å². The first-order chi connectivity index (χ1) is 21.1. The minimum Gasteiger partial charge on any atom is -0.497 e. The number of halogens is 2. The van der Waals surface area contributed by atoms with Gasteiger partial charge >= 0.3 is 6.03 Å². The van der Waals surface area contributed by atoms with Crippen molar-refractivity contribution in [2.24, 2.45) is 5.92 Å². The first-order valence-corrected chi connectivity index (χ1v) is 15.3. The average Bonchev–Trinajstić information content (AvgIpc) is 3.01. The van der Waals surface area contributed by atoms with Crippen molar-refractivity contribution in [2.75, 3.05) is 36.4 Å². The van der Waals surface area contributed by atoms with Gasteiger partial charge in [-0.1, -0.05) is 55.8 Å². The van der Waals surface area contributed by atoms with Gasteiger partial charge in [-0.15, -0.1) is 0 Å². The van der Waals surface area contributed by atoms with Crippen LogP contribution in [0.1, 0.15) is 13.8 Å². The fourth-order valence-corrected chi connectivity index (χ4v) is 5.67. The first kappa shape index (κ1) is 32.3. The molecule has 2 amide bonds. The maximum Gasteiger partial charge on any atom is 0.319 e. The molecule has 14 heteroatoms. The van der Waals surface area contributed by atoms with Gasteiger partial charge in [0.2, 0.25) is 5.75 Å². The number of benzene rings is 3. The Morgan fingerprint density at radius 3 is 2.48 bits per heavy atom. The topological polar surface area (TPSA) is 132 Å². The molecule has 1 heterocycles. The number of carbonyl (C=O) groups excluding carboxylic acids is 1. The van der Waals surface area contributed by atoms with E-state index in [1.165, 1.54) is 43.5 Å². The van der Waals surface area contributed by atoms with Crippen molar-refractivity contribution in [2.45, 2.75) is 18.7 Å². The summed E-state index contributed by atoms with van der Waals surface area (Å²) in [7, 11) is -2.64. The fraction of sp³-hybridized carbons (Fsp3) is 0.233. The summed E-state index contributed by atoms with van der Waals surface area (Å²) in [5, 5.41) is 5.18. The summed E-state index contributed by atoms with van der Waals surface area (Å²) in [6.07, 6.45) is 1.15. The zero-order valence-electron chi connectivity index (χ0n) is 24.2. The smallest absolute Gasteiger partial charge is 0.319 e. The van der Waals surface area contributed by atoms with Gasteiger partial charge in [-0.3, -0.25) is 0 Å². The van der Waals surface area contributed by atoms with E-state index < -0.39 is 21.9 Å². The predicted octanol–water partition coefficient (Wildman–Crippen LogP) is 6.12. The Hall–Kier alpha value is -4.62. The van der Waals surface area contributed by atoms with E-state index in [-0.39, 0.29) is 64.4 Å². The van der Waals surface area contributed by atoms with Crippen molar-refractivity contribution in [3.05, 3.63) is 90.0 Å². The second kappa shape index (κ2) is 14.7. The van der Waals surface area contributed by atoms with Crippen LogP contribution in [0, 0.1) is 11.7 Å². The summed E-state index contributed by atoms with van der Waals surface area (Å²) in [6, 6.07) is 17.7. The van der Waals surface area contributed by atoms with E-state index in [9.17, 15) is 17.6 Å². The van der Waals surface area contributed by atoms with E-state index in [4.69, 9.17) is 25.8 Å². The van der Waals surface area contributed by atoms with Crippen LogP contribution in [0.2, 0.25) is 5.02 Å². The van der Waals surface area contributed by atoms with E-state index in [0.29, 0.717) is 5.75 Å². The number of hydrogen-bond donors (Lipinski definition) is 2. The Bertz CT molecular complexity index is 1690. The second-order valence-corrected chi connectivity index (χ2v) is 12.0. The van der Waals surface area contributed by atoms with Crippen molar-refractivity contribution < 1.29 is 31.8 Å². The van der Waals surface area contributed by atoms with Crippen LogP contribution in [0.15, 0.2) is 84.0 Å². The van der Waals surface area contributed by atoms with Crippen LogP contribution >= 0.6 is 11.6 Å². The van der Waals surface area contributed by atoms with Crippen molar-refractivity contribution in [1.82, 2.24) is 15.3 Å². The van der Waals surface area contributed by atoms with E-state index in [1.54, 1.807) is 36.4 Å². The van der Waals surface area contributed by atoms with Crippen LogP contribution in [0.4, 0.5) is 20.7 Å². The fourth-order valence-electron chi connectivity index (χ4n) is 3.91. The number of hydrogen-bond acceptors (Lipinski definition) is 8. The molecule has 0 saturated heterocycles. The minimum atomic E-state index is -4.12. The van der Waals surface area contributed by atoms with Crippen molar-refractivity contribution in [1.29, 1.82) is 0 Å². The molecule has 1 aromatic heterocycles. The highest BCUT2D eigenvalue weighted by Gasteiger charge is 2.32. The zero-order chi connectivity index (χ0) is 31.7. The van der Waals surface area contributed by atoms with E-state index in [1.807, 2.05) is 13.8 Å². The van der Waals surface area contributed by atoms with Crippen molar-refractivity contribution >= 4 is 39.2 Å². The Kier molecular flexibility index (Phi) is 10.8. The second-order valence-electron chi connectivity index (χ2n) is 9.68. The number of ether oxygens (including phenoxy) is 3. The Labute approximate surface area is 260 Å². The third-order valence-electron chi connectivity index (χ3n) is 5.95. The molecule has 2 N–H and O–H groups in total. The normalized spacial score (nSPS) is 11.1. The number of aromatic nitrogens is 2. The van der Waals surface area contributed by atoms with Gasteiger partial charge in [0.25, 0.3) is 15.9 Å². The SMILES string of the molecule is COc1ccc(Cl)c(Oc2c(OCCNC(=O)Nc3ccccc3F)ncnc2N(CC(C)C)S(=O)(=O)c2ccccc2)c1. The van der Waals surface area contributed by atoms with Crippen molar-refractivity contribution in [3.63, 3.8) is 0 Å². The van der Waals surface area contributed by atoms with E-state index in [0.717, 1.165) is 10.6 Å². The number of amides is 2. The highest BCUT2D eigenvalue weighted by atomic mass is 35.5. The number of urea groups is 1. The molecule has 0 radical (unpaired) electrons. The number of carbonyl (C=O) groups is 1. The van der Waals surface area contributed by atoms with Crippen LogP contribution < -0.4 is 29.1 Å². The summed E-state index contributed by atoms with van der Waals surface area (Å²) in [6.45, 7) is 3.65. The summed E-state index contributed by atoms with van der Waals surface area (Å²) in [4.78, 5) is 20.8. The maximum absolute atomic E-state index is 13.9. The lowest BCUT2D eigenvalue weighted by Crippen LogP contribution is -2.35. The third kappa shape index (κ3) is 8.05. The molecule has 0 bridgehead atoms. The number of para-hydroxylation sites is 1. The van der Waals surface area contributed by atoms with Crippen LogP contribution in [0.25, 0.3) is 0 Å². The molecule has 0 atom stereocenters. The molecule has 0 spiro atoms. The van der Waals surface area contributed by atoms with Gasteiger partial charge in [-0.2, -0.15) is 4.98 Å². The lowest BCUT2D eigenvalue weighted by Gasteiger charge is -2.27. The Morgan fingerprint density at radius 2 is 1.77 bits per heavy atom. The lowest BCUT2D eigenvalue weighted by molar-refractivity contribution is 0.245. The molecule has 0 aliphatic carbocycles. The molecule has 44 heavy (non-hydrogen) atoms. The monoisotopic (exact) mass is 643 g/mol. The Morgan fingerprint density at radius 1 is 1.05 bits per heavy atom. The quantitative estimate of drug-likeness (QED) is 0.167. The van der Waals surface area contributed by atoms with Gasteiger partial charge in [0.15, 0.2) is 5.82 Å². The molecule has 232 valence electrons.